The predicted molar refractivity (Wildman–Crippen MR) is 85.0 cm³/mol. The molecule has 3 aliphatic carbocycles. The van der Waals surface area contributed by atoms with E-state index in [9.17, 15) is 4.79 Å². The summed E-state index contributed by atoms with van der Waals surface area (Å²) in [7, 11) is 0. The number of carbonyl (C=O) groups is 1. The molecule has 1 heteroatoms. The zero-order valence-corrected chi connectivity index (χ0v) is 12.8. The molecule has 2 bridgehead atoms. The highest BCUT2D eigenvalue weighted by Gasteiger charge is 2.60. The number of hydrogen-bond donors (Lipinski definition) is 0. The first kappa shape index (κ1) is 13.1. The van der Waals surface area contributed by atoms with Gasteiger partial charge in [-0.15, -0.1) is 0 Å². The summed E-state index contributed by atoms with van der Waals surface area (Å²) < 4.78 is 0. The molecule has 1 aromatic carbocycles. The Balaban J connectivity index is 1.83. The fourth-order valence-electron chi connectivity index (χ4n) is 5.03. The van der Waals surface area contributed by atoms with E-state index in [0.717, 1.165) is 18.4 Å². The second-order valence-electron chi connectivity index (χ2n) is 7.17. The second-order valence-corrected chi connectivity index (χ2v) is 7.17. The van der Waals surface area contributed by atoms with E-state index in [0.29, 0.717) is 23.5 Å². The van der Waals surface area contributed by atoms with Gasteiger partial charge in [0.05, 0.1) is 0 Å². The van der Waals surface area contributed by atoms with Crippen molar-refractivity contribution in [3.05, 3.63) is 59.2 Å². The Bertz CT molecular complexity index is 652. The van der Waals surface area contributed by atoms with Gasteiger partial charge in [0.25, 0.3) is 0 Å². The number of rotatable bonds is 2. The zero-order valence-electron chi connectivity index (χ0n) is 12.8. The van der Waals surface area contributed by atoms with E-state index < -0.39 is 0 Å². The highest BCUT2D eigenvalue weighted by molar-refractivity contribution is 6.02. The number of benzene rings is 1. The first-order chi connectivity index (χ1) is 10.1. The summed E-state index contributed by atoms with van der Waals surface area (Å²) in [5, 5.41) is 0. The number of fused-ring (bicyclic) bond motifs is 5. The van der Waals surface area contributed by atoms with Crippen LogP contribution in [0.4, 0.5) is 0 Å². The first-order valence-corrected chi connectivity index (χ1v) is 8.06. The number of carbonyl (C=O) groups excluding carboxylic acids is 1. The van der Waals surface area contributed by atoms with Crippen LogP contribution in [0.2, 0.25) is 0 Å². The second kappa shape index (κ2) is 4.43. The minimum atomic E-state index is -0.162. The van der Waals surface area contributed by atoms with Crippen molar-refractivity contribution in [1.82, 2.24) is 0 Å². The third kappa shape index (κ3) is 1.67. The monoisotopic (exact) mass is 278 g/mol. The van der Waals surface area contributed by atoms with Crippen molar-refractivity contribution in [2.75, 3.05) is 0 Å². The minimum absolute atomic E-state index is 0.162. The lowest BCUT2D eigenvalue weighted by molar-refractivity contribution is 0.0592. The van der Waals surface area contributed by atoms with E-state index in [1.165, 1.54) is 17.6 Å². The van der Waals surface area contributed by atoms with Gasteiger partial charge < -0.3 is 0 Å². The Morgan fingerprint density at radius 2 is 1.86 bits per heavy atom. The molecule has 0 saturated heterocycles. The van der Waals surface area contributed by atoms with Gasteiger partial charge in [-0.1, -0.05) is 53.6 Å². The molecule has 0 radical (unpaired) electrons. The number of hydrogen-bond acceptors (Lipinski definition) is 1. The Hall–Kier alpha value is -1.63. The van der Waals surface area contributed by atoms with Crippen molar-refractivity contribution < 1.29 is 4.79 Å². The predicted octanol–water partition coefficient (Wildman–Crippen LogP) is 4.81. The van der Waals surface area contributed by atoms with Crippen LogP contribution in [0.15, 0.2) is 53.6 Å². The van der Waals surface area contributed by atoms with Gasteiger partial charge in [-0.25, -0.2) is 0 Å². The third-order valence-corrected chi connectivity index (χ3v) is 6.23. The summed E-state index contributed by atoms with van der Waals surface area (Å²) in [6.07, 6.45) is 7.96. The molecule has 108 valence electrons. The van der Waals surface area contributed by atoms with Crippen LogP contribution in [0.3, 0.4) is 0 Å². The summed E-state index contributed by atoms with van der Waals surface area (Å²) in [5.41, 5.74) is 3.69. The van der Waals surface area contributed by atoms with Crippen LogP contribution in [-0.2, 0) is 0 Å². The quantitative estimate of drug-likeness (QED) is 0.560. The molecule has 1 nitrogen and oxygen atoms in total. The lowest BCUT2D eigenvalue weighted by atomic mass is 9.57. The highest BCUT2D eigenvalue weighted by Crippen LogP contribution is 2.63. The van der Waals surface area contributed by atoms with Gasteiger partial charge in [-0.05, 0) is 50.9 Å². The summed E-state index contributed by atoms with van der Waals surface area (Å²) in [6.45, 7) is 4.48. The van der Waals surface area contributed by atoms with Gasteiger partial charge in [0.1, 0.15) is 0 Å². The van der Waals surface area contributed by atoms with Gasteiger partial charge >= 0.3 is 0 Å². The fourth-order valence-corrected chi connectivity index (χ4v) is 5.03. The number of allylic oxidation sites excluding steroid dienone is 4. The smallest absolute Gasteiger partial charge is 0.170 e. The molecule has 21 heavy (non-hydrogen) atoms. The molecule has 0 amide bonds. The van der Waals surface area contributed by atoms with Crippen LogP contribution in [0.1, 0.15) is 43.5 Å². The molecule has 1 fully saturated rings. The fraction of sp³-hybridized carbons (Fsp3) is 0.450. The zero-order chi connectivity index (χ0) is 14.6. The van der Waals surface area contributed by atoms with Crippen molar-refractivity contribution >= 4 is 5.78 Å². The van der Waals surface area contributed by atoms with E-state index in [-0.39, 0.29) is 5.41 Å². The standard InChI is InChI=1S/C20H22O/c1-13-10-18-16-8-9-17(11-16)20(18,12-14(13)2)19(21)15-6-4-3-5-7-15/h3-9,16-18H,10-12H2,1-2H3/t16-,17+,18+,20+/m1/s1. The molecule has 0 N–H and O–H groups in total. The number of ketones is 1. The van der Waals surface area contributed by atoms with Crippen molar-refractivity contribution in [1.29, 1.82) is 0 Å². The van der Waals surface area contributed by atoms with Crippen LogP contribution in [-0.4, -0.2) is 5.78 Å². The summed E-state index contributed by atoms with van der Waals surface area (Å²) in [4.78, 5) is 13.4. The highest BCUT2D eigenvalue weighted by atomic mass is 16.1. The molecule has 4 atom stereocenters. The summed E-state index contributed by atoms with van der Waals surface area (Å²) in [5.74, 6) is 1.97. The molecule has 3 aliphatic rings. The van der Waals surface area contributed by atoms with Crippen molar-refractivity contribution in [3.63, 3.8) is 0 Å². The SMILES string of the molecule is CC1=C(C)C[C@]2(C(=O)c3ccccc3)[C@H]3C=C[C@H](C3)[C@@H]2C1. The van der Waals surface area contributed by atoms with Crippen LogP contribution < -0.4 is 0 Å². The topological polar surface area (TPSA) is 17.1 Å². The van der Waals surface area contributed by atoms with Crippen LogP contribution in [0, 0.1) is 23.2 Å². The largest absolute Gasteiger partial charge is 0.294 e. The van der Waals surface area contributed by atoms with Crippen LogP contribution >= 0.6 is 0 Å². The average Bonchev–Trinajstić information content (AvgIpc) is 3.09. The maximum atomic E-state index is 13.4. The average molecular weight is 278 g/mol. The maximum absolute atomic E-state index is 13.4. The van der Waals surface area contributed by atoms with Crippen molar-refractivity contribution in [2.24, 2.45) is 23.2 Å². The lowest BCUT2D eigenvalue weighted by Crippen LogP contribution is -2.44. The molecule has 1 aromatic rings. The molecule has 0 unspecified atom stereocenters. The van der Waals surface area contributed by atoms with Crippen LogP contribution in [0.5, 0.6) is 0 Å². The number of Topliss-reactive ketones (excluding diaryl/α,β-unsaturated/α-hetero) is 1. The van der Waals surface area contributed by atoms with Crippen molar-refractivity contribution in [3.8, 4) is 0 Å². The molecule has 0 spiro atoms. The minimum Gasteiger partial charge on any atom is -0.294 e. The molecular weight excluding hydrogens is 256 g/mol. The Labute approximate surface area is 126 Å². The molecule has 0 aromatic heterocycles. The summed E-state index contributed by atoms with van der Waals surface area (Å²) >= 11 is 0. The van der Waals surface area contributed by atoms with E-state index in [2.05, 4.69) is 26.0 Å². The summed E-state index contributed by atoms with van der Waals surface area (Å²) in [6, 6.07) is 9.94. The lowest BCUT2D eigenvalue weighted by Gasteiger charge is -2.45. The normalized spacial score (nSPS) is 37.0. The van der Waals surface area contributed by atoms with Crippen LogP contribution in [0.25, 0.3) is 0 Å². The Kier molecular flexibility index (Phi) is 2.76. The molecule has 0 aliphatic heterocycles. The van der Waals surface area contributed by atoms with Gasteiger partial charge in [0, 0.05) is 11.0 Å². The van der Waals surface area contributed by atoms with E-state index in [4.69, 9.17) is 0 Å². The van der Waals surface area contributed by atoms with E-state index in [1.54, 1.807) is 0 Å². The third-order valence-electron chi connectivity index (χ3n) is 6.23. The molecular formula is C20H22O. The van der Waals surface area contributed by atoms with E-state index >= 15 is 0 Å². The van der Waals surface area contributed by atoms with Gasteiger partial charge in [0.15, 0.2) is 5.78 Å². The Morgan fingerprint density at radius 3 is 2.62 bits per heavy atom. The van der Waals surface area contributed by atoms with Crippen molar-refractivity contribution in [2.45, 2.75) is 33.1 Å². The Morgan fingerprint density at radius 1 is 1.10 bits per heavy atom. The van der Waals surface area contributed by atoms with Gasteiger partial charge in [-0.3, -0.25) is 4.79 Å². The molecule has 4 rings (SSSR count). The molecule has 1 saturated carbocycles. The molecule has 0 heterocycles. The first-order valence-electron chi connectivity index (χ1n) is 8.06. The van der Waals surface area contributed by atoms with Gasteiger partial charge in [0.2, 0.25) is 0 Å². The van der Waals surface area contributed by atoms with E-state index in [1.807, 2.05) is 30.3 Å². The van der Waals surface area contributed by atoms with Gasteiger partial charge in [-0.2, -0.15) is 0 Å². The maximum Gasteiger partial charge on any atom is 0.170 e.